The first-order chi connectivity index (χ1) is 27.7. The predicted molar refractivity (Wildman–Crippen MR) is 231 cm³/mol. The fraction of sp³-hybridized carbons (Fsp3) is 0. The zero-order valence-corrected chi connectivity index (χ0v) is 30.9. The number of hydrogen-bond donors (Lipinski definition) is 0. The van der Waals surface area contributed by atoms with Gasteiger partial charge < -0.3 is 4.90 Å². The molecule has 10 aromatic rings. The molecule has 1 aliphatic heterocycles. The number of fused-ring (bicyclic) bond motifs is 5. The SMILES string of the molecule is c1ccc(-c2ccc(N3c4ccccc4Sc4c(-c5nc(-c6ccc7ccccc7c6)nc(-c6ccc7ccccc7c6)n5)cccc43)c3ccccc23)nc1. The molecule has 0 amide bonds. The largest absolute Gasteiger partial charge is 0.308 e. The van der Waals surface area contributed by atoms with Crippen LogP contribution in [0.15, 0.2) is 198 Å². The summed E-state index contributed by atoms with van der Waals surface area (Å²) in [6, 6.07) is 63.9. The summed E-state index contributed by atoms with van der Waals surface area (Å²) >= 11 is 1.76. The van der Waals surface area contributed by atoms with Crippen molar-refractivity contribution in [2.24, 2.45) is 0 Å². The summed E-state index contributed by atoms with van der Waals surface area (Å²) in [7, 11) is 0. The summed E-state index contributed by atoms with van der Waals surface area (Å²) < 4.78 is 0. The van der Waals surface area contributed by atoms with Crippen LogP contribution in [0.4, 0.5) is 17.1 Å². The second kappa shape index (κ2) is 13.3. The van der Waals surface area contributed by atoms with Gasteiger partial charge in [-0.15, -0.1) is 0 Å². The van der Waals surface area contributed by atoms with E-state index in [0.29, 0.717) is 17.5 Å². The molecule has 3 heterocycles. The Bertz CT molecular complexity index is 3050. The predicted octanol–water partition coefficient (Wildman–Crippen LogP) is 13.3. The highest BCUT2D eigenvalue weighted by Crippen LogP contribution is 2.55. The number of hydrogen-bond acceptors (Lipinski definition) is 6. The van der Waals surface area contributed by atoms with Crippen molar-refractivity contribution in [1.82, 2.24) is 19.9 Å². The van der Waals surface area contributed by atoms with E-state index in [2.05, 4.69) is 175 Å². The molecule has 0 saturated carbocycles. The first-order valence-corrected chi connectivity index (χ1v) is 19.4. The van der Waals surface area contributed by atoms with Crippen molar-refractivity contribution in [2.45, 2.75) is 9.79 Å². The summed E-state index contributed by atoms with van der Waals surface area (Å²) in [6.07, 6.45) is 1.85. The van der Waals surface area contributed by atoms with Gasteiger partial charge in [-0.3, -0.25) is 4.98 Å². The van der Waals surface area contributed by atoms with Gasteiger partial charge in [-0.1, -0.05) is 139 Å². The Kier molecular flexibility index (Phi) is 7.67. The first-order valence-electron chi connectivity index (χ1n) is 18.6. The zero-order chi connectivity index (χ0) is 37.0. The van der Waals surface area contributed by atoms with E-state index in [4.69, 9.17) is 19.9 Å². The van der Waals surface area contributed by atoms with Crippen molar-refractivity contribution in [1.29, 1.82) is 0 Å². The maximum absolute atomic E-state index is 5.26. The Morgan fingerprint density at radius 1 is 0.393 bits per heavy atom. The molecule has 0 unspecified atom stereocenters. The van der Waals surface area contributed by atoms with Gasteiger partial charge in [0.25, 0.3) is 0 Å². The van der Waals surface area contributed by atoms with Gasteiger partial charge in [0.1, 0.15) is 0 Å². The van der Waals surface area contributed by atoms with Gasteiger partial charge >= 0.3 is 0 Å². The molecule has 5 nitrogen and oxygen atoms in total. The lowest BCUT2D eigenvalue weighted by Crippen LogP contribution is -2.16. The summed E-state index contributed by atoms with van der Waals surface area (Å²) in [5, 5.41) is 6.92. The van der Waals surface area contributed by atoms with E-state index in [9.17, 15) is 0 Å². The Morgan fingerprint density at radius 3 is 1.71 bits per heavy atom. The number of pyridine rings is 1. The van der Waals surface area contributed by atoms with Crippen LogP contribution in [-0.2, 0) is 0 Å². The van der Waals surface area contributed by atoms with Crippen molar-refractivity contribution < 1.29 is 0 Å². The summed E-state index contributed by atoms with van der Waals surface area (Å²) in [5.74, 6) is 1.90. The molecule has 0 saturated heterocycles. The van der Waals surface area contributed by atoms with E-state index in [0.717, 1.165) is 76.3 Å². The summed E-state index contributed by atoms with van der Waals surface area (Å²) in [5.41, 5.74) is 8.18. The van der Waals surface area contributed by atoms with Gasteiger partial charge in [0, 0.05) is 43.6 Å². The molecule has 2 aromatic heterocycles. The fourth-order valence-electron chi connectivity index (χ4n) is 7.85. The van der Waals surface area contributed by atoms with Gasteiger partial charge in [-0.05, 0) is 81.5 Å². The van der Waals surface area contributed by atoms with Crippen LogP contribution >= 0.6 is 11.8 Å². The summed E-state index contributed by atoms with van der Waals surface area (Å²) in [4.78, 5) is 25.0. The quantitative estimate of drug-likeness (QED) is 0.176. The average molecular weight is 734 g/mol. The van der Waals surface area contributed by atoms with Crippen molar-refractivity contribution in [3.8, 4) is 45.4 Å². The lowest BCUT2D eigenvalue weighted by molar-refractivity contribution is 1.06. The van der Waals surface area contributed by atoms with Crippen LogP contribution in [-0.4, -0.2) is 19.9 Å². The highest BCUT2D eigenvalue weighted by atomic mass is 32.2. The highest BCUT2D eigenvalue weighted by molar-refractivity contribution is 8.00. The second-order valence-corrected chi connectivity index (χ2v) is 14.9. The molecule has 11 rings (SSSR count). The van der Waals surface area contributed by atoms with E-state index in [1.165, 1.54) is 10.8 Å². The molecule has 8 aromatic carbocycles. The molecule has 0 aliphatic carbocycles. The standard InChI is InChI=1S/C50H31N5S/c1-3-14-34-30-36(25-23-32(34)12-1)48-52-49(37-26-24-33-13-2-4-15-35(33)31-37)54-50(53-48)41-18-11-21-45-47(41)56-46-22-8-7-20-44(46)55(45)43-28-27-39(42-19-9-10-29-51-42)38-16-5-6-17-40(38)43/h1-31H. The Labute approximate surface area is 328 Å². The molecule has 56 heavy (non-hydrogen) atoms. The van der Waals surface area contributed by atoms with E-state index in [-0.39, 0.29) is 0 Å². The smallest absolute Gasteiger partial charge is 0.165 e. The minimum Gasteiger partial charge on any atom is -0.308 e. The minimum atomic E-state index is 0.630. The minimum absolute atomic E-state index is 0.630. The topological polar surface area (TPSA) is 54.8 Å². The summed E-state index contributed by atoms with van der Waals surface area (Å²) in [6.45, 7) is 0. The number of para-hydroxylation sites is 1. The van der Waals surface area contributed by atoms with Crippen LogP contribution in [0.1, 0.15) is 0 Å². The van der Waals surface area contributed by atoms with Crippen molar-refractivity contribution in [2.75, 3.05) is 4.90 Å². The van der Waals surface area contributed by atoms with E-state index >= 15 is 0 Å². The maximum Gasteiger partial charge on any atom is 0.165 e. The van der Waals surface area contributed by atoms with Crippen LogP contribution in [0.25, 0.3) is 77.7 Å². The third-order valence-electron chi connectivity index (χ3n) is 10.5. The molecule has 0 bridgehead atoms. The third-order valence-corrected chi connectivity index (χ3v) is 11.7. The molecule has 0 spiro atoms. The molecule has 0 atom stereocenters. The molecular formula is C50H31N5S. The lowest BCUT2D eigenvalue weighted by atomic mass is 9.98. The second-order valence-electron chi connectivity index (χ2n) is 13.9. The molecule has 6 heteroatoms. The van der Waals surface area contributed by atoms with E-state index in [1.807, 2.05) is 18.3 Å². The number of nitrogens with zero attached hydrogens (tertiary/aromatic N) is 5. The van der Waals surface area contributed by atoms with Gasteiger partial charge in [0.2, 0.25) is 0 Å². The van der Waals surface area contributed by atoms with Gasteiger partial charge in [0.05, 0.1) is 22.8 Å². The van der Waals surface area contributed by atoms with Gasteiger partial charge in [-0.2, -0.15) is 0 Å². The number of anilines is 3. The van der Waals surface area contributed by atoms with Crippen molar-refractivity contribution >= 4 is 61.1 Å². The van der Waals surface area contributed by atoms with Gasteiger partial charge in [-0.25, -0.2) is 15.0 Å². The van der Waals surface area contributed by atoms with Crippen LogP contribution in [0.3, 0.4) is 0 Å². The highest BCUT2D eigenvalue weighted by Gasteiger charge is 2.29. The lowest BCUT2D eigenvalue weighted by Gasteiger charge is -2.34. The monoisotopic (exact) mass is 733 g/mol. The van der Waals surface area contributed by atoms with Gasteiger partial charge in [0.15, 0.2) is 17.5 Å². The Balaban J connectivity index is 1.13. The molecule has 262 valence electrons. The molecular weight excluding hydrogens is 703 g/mol. The van der Waals surface area contributed by atoms with Crippen LogP contribution < -0.4 is 4.90 Å². The zero-order valence-electron chi connectivity index (χ0n) is 30.0. The number of aromatic nitrogens is 4. The average Bonchev–Trinajstić information content (AvgIpc) is 3.27. The van der Waals surface area contributed by atoms with E-state index < -0.39 is 0 Å². The van der Waals surface area contributed by atoms with Crippen molar-refractivity contribution in [3.05, 3.63) is 188 Å². The Hall–Kier alpha value is -7.15. The van der Waals surface area contributed by atoms with Crippen LogP contribution in [0.2, 0.25) is 0 Å². The molecule has 0 radical (unpaired) electrons. The fourth-order valence-corrected chi connectivity index (χ4v) is 9.01. The van der Waals surface area contributed by atoms with Crippen LogP contribution in [0, 0.1) is 0 Å². The molecule has 0 N–H and O–H groups in total. The molecule has 0 fully saturated rings. The number of rotatable bonds is 5. The normalized spacial score (nSPS) is 12.2. The van der Waals surface area contributed by atoms with Crippen molar-refractivity contribution in [3.63, 3.8) is 0 Å². The third kappa shape index (κ3) is 5.50. The first kappa shape index (κ1) is 32.3. The molecule has 1 aliphatic rings. The van der Waals surface area contributed by atoms with E-state index in [1.54, 1.807) is 11.8 Å². The number of benzene rings is 8. The Morgan fingerprint density at radius 2 is 1.00 bits per heavy atom. The maximum atomic E-state index is 5.26. The van der Waals surface area contributed by atoms with Crippen LogP contribution in [0.5, 0.6) is 0 Å².